The highest BCUT2D eigenvalue weighted by Crippen LogP contribution is 2.27. The molecule has 0 aliphatic carbocycles. The Labute approximate surface area is 163 Å². The van der Waals surface area contributed by atoms with Gasteiger partial charge < -0.3 is 4.74 Å². The number of anilines is 1. The molecular weight excluding hydrogens is 356 g/mol. The second-order valence-corrected chi connectivity index (χ2v) is 7.27. The summed E-state index contributed by atoms with van der Waals surface area (Å²) in [5.41, 5.74) is 4.03. The van der Waals surface area contributed by atoms with Crippen molar-refractivity contribution in [3.05, 3.63) is 71.1 Å². The molecule has 0 aliphatic rings. The molecule has 0 bridgehead atoms. The number of ether oxygens (including phenoxy) is 1. The lowest BCUT2D eigenvalue weighted by Gasteiger charge is -2.04. The van der Waals surface area contributed by atoms with Crippen LogP contribution >= 0.6 is 11.3 Å². The molecule has 1 aromatic heterocycles. The molecule has 0 atom stereocenters. The number of carbonyl (C=O) groups excluding carboxylic acids is 1. The Bertz CT molecular complexity index is 943. The van der Waals surface area contributed by atoms with Crippen molar-refractivity contribution in [1.82, 2.24) is 4.98 Å². The average Bonchev–Trinajstić information content (AvgIpc) is 3.15. The van der Waals surface area contributed by atoms with E-state index in [1.165, 1.54) is 23.0 Å². The van der Waals surface area contributed by atoms with Gasteiger partial charge in [0.05, 0.1) is 12.8 Å². The number of amides is 1. The summed E-state index contributed by atoms with van der Waals surface area (Å²) in [5, 5.41) is 5.29. The summed E-state index contributed by atoms with van der Waals surface area (Å²) in [6.45, 7) is 4.32. The van der Waals surface area contributed by atoms with E-state index in [9.17, 15) is 4.79 Å². The lowest BCUT2D eigenvalue weighted by molar-refractivity contribution is -0.111. The molecule has 0 saturated carbocycles. The van der Waals surface area contributed by atoms with Crippen molar-refractivity contribution in [2.24, 2.45) is 0 Å². The molecule has 0 unspecified atom stereocenters. The zero-order chi connectivity index (χ0) is 19.2. The maximum absolute atomic E-state index is 12.2. The monoisotopic (exact) mass is 378 g/mol. The second kappa shape index (κ2) is 8.64. The van der Waals surface area contributed by atoms with Gasteiger partial charge in [-0.15, -0.1) is 11.3 Å². The van der Waals surface area contributed by atoms with Gasteiger partial charge in [0.25, 0.3) is 0 Å². The highest BCUT2D eigenvalue weighted by Gasteiger charge is 2.07. The molecule has 4 nitrogen and oxygen atoms in total. The fourth-order valence-corrected chi connectivity index (χ4v) is 3.28. The van der Waals surface area contributed by atoms with Crippen LogP contribution in [0.5, 0.6) is 5.75 Å². The van der Waals surface area contributed by atoms with Crippen molar-refractivity contribution in [2.75, 3.05) is 12.4 Å². The van der Waals surface area contributed by atoms with Gasteiger partial charge >= 0.3 is 0 Å². The van der Waals surface area contributed by atoms with E-state index in [0.717, 1.165) is 22.6 Å². The lowest BCUT2D eigenvalue weighted by Crippen LogP contribution is -2.07. The smallest absolute Gasteiger partial charge is 0.250 e. The summed E-state index contributed by atoms with van der Waals surface area (Å²) < 4.78 is 5.24. The van der Waals surface area contributed by atoms with E-state index in [4.69, 9.17) is 4.74 Å². The summed E-state index contributed by atoms with van der Waals surface area (Å²) in [7, 11) is 1.63. The van der Waals surface area contributed by atoms with Gasteiger partial charge in [0.1, 0.15) is 5.75 Å². The first-order chi connectivity index (χ1) is 13.0. The molecule has 3 rings (SSSR count). The van der Waals surface area contributed by atoms with E-state index in [1.54, 1.807) is 13.2 Å². The van der Waals surface area contributed by atoms with Crippen LogP contribution in [0.3, 0.4) is 0 Å². The number of nitrogens with one attached hydrogen (secondary N) is 1. The van der Waals surface area contributed by atoms with Crippen LogP contribution in [0, 0.1) is 0 Å². The fraction of sp³-hybridized carbons (Fsp3) is 0.182. The number of benzene rings is 2. The molecule has 138 valence electrons. The number of rotatable bonds is 6. The van der Waals surface area contributed by atoms with E-state index < -0.39 is 0 Å². The van der Waals surface area contributed by atoms with Gasteiger partial charge in [-0.3, -0.25) is 10.1 Å². The van der Waals surface area contributed by atoms with Crippen molar-refractivity contribution >= 4 is 28.5 Å². The fourth-order valence-electron chi connectivity index (χ4n) is 2.56. The largest absolute Gasteiger partial charge is 0.497 e. The Morgan fingerprint density at radius 3 is 2.67 bits per heavy atom. The molecule has 0 saturated heterocycles. The Balaban J connectivity index is 1.63. The van der Waals surface area contributed by atoms with Crippen LogP contribution in [0.15, 0.2) is 60.0 Å². The predicted molar refractivity (Wildman–Crippen MR) is 112 cm³/mol. The first-order valence-corrected chi connectivity index (χ1v) is 9.62. The van der Waals surface area contributed by atoms with Gasteiger partial charge in [0.15, 0.2) is 5.13 Å². The number of nitrogens with zero attached hydrogens (tertiary/aromatic N) is 1. The van der Waals surface area contributed by atoms with E-state index in [2.05, 4.69) is 36.3 Å². The predicted octanol–water partition coefficient (Wildman–Crippen LogP) is 5.59. The van der Waals surface area contributed by atoms with Crippen molar-refractivity contribution in [3.8, 4) is 17.0 Å². The van der Waals surface area contributed by atoms with Gasteiger partial charge in [0, 0.05) is 17.0 Å². The van der Waals surface area contributed by atoms with Crippen LogP contribution in [0.4, 0.5) is 5.13 Å². The van der Waals surface area contributed by atoms with Crippen molar-refractivity contribution in [2.45, 2.75) is 19.8 Å². The van der Waals surface area contributed by atoms with Gasteiger partial charge in [0.2, 0.25) is 5.91 Å². The number of hydrogen-bond acceptors (Lipinski definition) is 4. The van der Waals surface area contributed by atoms with Crippen LogP contribution in [0.1, 0.15) is 30.9 Å². The van der Waals surface area contributed by atoms with Gasteiger partial charge in [-0.05, 0) is 35.3 Å². The van der Waals surface area contributed by atoms with Gasteiger partial charge in [-0.2, -0.15) is 0 Å². The normalized spacial score (nSPS) is 11.1. The summed E-state index contributed by atoms with van der Waals surface area (Å²) in [5.74, 6) is 1.07. The number of aromatic nitrogens is 1. The summed E-state index contributed by atoms with van der Waals surface area (Å²) in [4.78, 5) is 16.6. The Kier molecular flexibility index (Phi) is 6.04. The first-order valence-electron chi connectivity index (χ1n) is 8.74. The number of methoxy groups -OCH3 is 1. The van der Waals surface area contributed by atoms with Gasteiger partial charge in [-0.1, -0.05) is 50.2 Å². The van der Waals surface area contributed by atoms with Crippen molar-refractivity contribution in [1.29, 1.82) is 0 Å². The molecule has 1 amide bonds. The lowest BCUT2D eigenvalue weighted by atomic mass is 10.0. The van der Waals surface area contributed by atoms with Crippen LogP contribution in [0.2, 0.25) is 0 Å². The van der Waals surface area contributed by atoms with E-state index >= 15 is 0 Å². The minimum Gasteiger partial charge on any atom is -0.497 e. The maximum Gasteiger partial charge on any atom is 0.250 e. The van der Waals surface area contributed by atoms with E-state index in [0.29, 0.717) is 11.0 Å². The molecule has 3 aromatic rings. The van der Waals surface area contributed by atoms with Crippen LogP contribution in [0.25, 0.3) is 17.3 Å². The van der Waals surface area contributed by atoms with E-state index in [-0.39, 0.29) is 5.91 Å². The zero-order valence-electron chi connectivity index (χ0n) is 15.6. The maximum atomic E-state index is 12.2. The summed E-state index contributed by atoms with van der Waals surface area (Å²) in [6, 6.07) is 15.9. The molecule has 0 spiro atoms. The molecule has 5 heteroatoms. The molecule has 0 fully saturated rings. The molecule has 0 radical (unpaired) electrons. The first kappa shape index (κ1) is 18.9. The standard InChI is InChI=1S/C22H22N2O2S/c1-15(2)17-10-7-16(8-11-17)9-12-21(25)24-22-23-20(14-27-22)18-5-4-6-19(13-18)26-3/h4-15H,1-3H3,(H,23,24,25). The van der Waals surface area contributed by atoms with Gasteiger partial charge in [-0.25, -0.2) is 4.98 Å². The third kappa shape index (κ3) is 5.05. The van der Waals surface area contributed by atoms with E-state index in [1.807, 2.05) is 41.8 Å². The topological polar surface area (TPSA) is 51.2 Å². The SMILES string of the molecule is COc1cccc(-c2csc(NC(=O)C=Cc3ccc(C(C)C)cc3)n2)c1. The van der Waals surface area contributed by atoms with Crippen LogP contribution in [-0.2, 0) is 4.79 Å². The minimum absolute atomic E-state index is 0.200. The number of carbonyl (C=O) groups is 1. The molecule has 1 N–H and O–H groups in total. The summed E-state index contributed by atoms with van der Waals surface area (Å²) >= 11 is 1.40. The molecular formula is C22H22N2O2S. The third-order valence-electron chi connectivity index (χ3n) is 4.13. The summed E-state index contributed by atoms with van der Waals surface area (Å²) in [6.07, 6.45) is 3.33. The second-order valence-electron chi connectivity index (χ2n) is 6.41. The van der Waals surface area contributed by atoms with Crippen LogP contribution in [-0.4, -0.2) is 18.0 Å². The van der Waals surface area contributed by atoms with Crippen molar-refractivity contribution in [3.63, 3.8) is 0 Å². The number of thiazole rings is 1. The third-order valence-corrected chi connectivity index (χ3v) is 4.89. The quantitative estimate of drug-likeness (QED) is 0.569. The number of hydrogen-bond donors (Lipinski definition) is 1. The average molecular weight is 378 g/mol. The Hall–Kier alpha value is -2.92. The molecule has 27 heavy (non-hydrogen) atoms. The minimum atomic E-state index is -0.200. The molecule has 1 heterocycles. The Morgan fingerprint density at radius 1 is 1.19 bits per heavy atom. The Morgan fingerprint density at radius 2 is 1.96 bits per heavy atom. The molecule has 0 aliphatic heterocycles. The van der Waals surface area contributed by atoms with Crippen LogP contribution < -0.4 is 10.1 Å². The highest BCUT2D eigenvalue weighted by atomic mass is 32.1. The molecule has 2 aromatic carbocycles. The zero-order valence-corrected chi connectivity index (χ0v) is 16.4. The van der Waals surface area contributed by atoms with Crippen molar-refractivity contribution < 1.29 is 9.53 Å². The highest BCUT2D eigenvalue weighted by molar-refractivity contribution is 7.14.